The number of allylic oxidation sites excluding steroid dienone is 4. The zero-order chi connectivity index (χ0) is 17.4. The molecule has 4 rings (SSSR count). The number of hydrogen-bond donors (Lipinski definition) is 2. The minimum absolute atomic E-state index is 0.0337. The molecule has 1 heterocycles. The van der Waals surface area contributed by atoms with Gasteiger partial charge in [0.05, 0.1) is 17.9 Å². The molecule has 0 unspecified atom stereocenters. The van der Waals surface area contributed by atoms with E-state index in [4.69, 9.17) is 5.11 Å². The van der Waals surface area contributed by atoms with Gasteiger partial charge in [-0.15, -0.1) is 0 Å². The number of fused-ring (bicyclic) bond motifs is 3. The third-order valence-corrected chi connectivity index (χ3v) is 4.86. The first-order valence-corrected chi connectivity index (χ1v) is 8.60. The van der Waals surface area contributed by atoms with Crippen LogP contribution in [0.2, 0.25) is 0 Å². The summed E-state index contributed by atoms with van der Waals surface area (Å²) < 4.78 is 0. The summed E-state index contributed by atoms with van der Waals surface area (Å²) in [5, 5.41) is 14.0. The van der Waals surface area contributed by atoms with Crippen molar-refractivity contribution in [3.63, 3.8) is 0 Å². The Hall–Kier alpha value is -2.50. The van der Waals surface area contributed by atoms with Crippen LogP contribution in [0.4, 0.5) is 0 Å². The number of nitrogens with zero attached hydrogens (tertiary/aromatic N) is 1. The average Bonchev–Trinajstić information content (AvgIpc) is 2.91. The lowest BCUT2D eigenvalue weighted by Gasteiger charge is -2.27. The maximum atomic E-state index is 13.0. The van der Waals surface area contributed by atoms with Gasteiger partial charge in [0, 0.05) is 44.2 Å². The summed E-state index contributed by atoms with van der Waals surface area (Å²) in [6.45, 7) is 1.99. The summed E-state index contributed by atoms with van der Waals surface area (Å²) in [5.74, 6) is 0.184. The van der Waals surface area contributed by atoms with E-state index in [0.29, 0.717) is 38.0 Å². The fraction of sp³-hybridized carbons (Fsp3) is 0.300. The highest BCUT2D eigenvalue weighted by atomic mass is 16.3. The van der Waals surface area contributed by atoms with Gasteiger partial charge in [-0.2, -0.15) is 0 Å². The van der Waals surface area contributed by atoms with Gasteiger partial charge in [0.2, 0.25) is 0 Å². The molecular formula is C20H20N2O3. The van der Waals surface area contributed by atoms with E-state index in [9.17, 15) is 9.59 Å². The zero-order valence-electron chi connectivity index (χ0n) is 13.9. The predicted molar refractivity (Wildman–Crippen MR) is 94.6 cm³/mol. The molecular weight excluding hydrogens is 316 g/mol. The predicted octanol–water partition coefficient (Wildman–Crippen LogP) is -0.401. The molecule has 0 amide bonds. The number of hydrogen-bond acceptors (Lipinski definition) is 5. The van der Waals surface area contributed by atoms with Crippen LogP contribution in [0.1, 0.15) is 12.8 Å². The summed E-state index contributed by atoms with van der Waals surface area (Å²) >= 11 is 0. The molecule has 5 heteroatoms. The Labute approximate surface area is 145 Å². The Bertz CT molecular complexity index is 940. The second-order valence-electron chi connectivity index (χ2n) is 6.45. The number of ketones is 2. The van der Waals surface area contributed by atoms with Crippen molar-refractivity contribution >= 4 is 23.3 Å². The first kappa shape index (κ1) is 16.0. The summed E-state index contributed by atoms with van der Waals surface area (Å²) in [7, 11) is 0. The van der Waals surface area contributed by atoms with Crippen LogP contribution in [0.3, 0.4) is 0 Å². The molecule has 0 fully saturated rings. The number of rotatable bonds is 5. The van der Waals surface area contributed by atoms with Gasteiger partial charge in [-0.25, -0.2) is 0 Å². The number of benzene rings is 1. The number of Topliss-reactive ketones (excluding diaryl/α,β-unsaturated/α-hetero) is 2. The van der Waals surface area contributed by atoms with Crippen molar-refractivity contribution in [1.29, 1.82) is 0 Å². The molecule has 128 valence electrons. The minimum Gasteiger partial charge on any atom is -0.395 e. The molecule has 0 atom stereocenters. The van der Waals surface area contributed by atoms with E-state index in [1.165, 1.54) is 0 Å². The highest BCUT2D eigenvalue weighted by Gasteiger charge is 2.39. The fourth-order valence-corrected chi connectivity index (χ4v) is 3.75. The van der Waals surface area contributed by atoms with Gasteiger partial charge in [0.15, 0.2) is 5.78 Å². The van der Waals surface area contributed by atoms with E-state index < -0.39 is 0 Å². The van der Waals surface area contributed by atoms with Crippen molar-refractivity contribution in [2.45, 2.75) is 12.8 Å². The van der Waals surface area contributed by atoms with Crippen LogP contribution in [0.5, 0.6) is 0 Å². The van der Waals surface area contributed by atoms with Crippen LogP contribution >= 0.6 is 0 Å². The van der Waals surface area contributed by atoms with Gasteiger partial charge in [-0.1, -0.05) is 30.3 Å². The van der Waals surface area contributed by atoms with Crippen molar-refractivity contribution in [2.75, 3.05) is 26.2 Å². The molecule has 1 aromatic carbocycles. The lowest BCUT2D eigenvalue weighted by Crippen LogP contribution is -2.40. The van der Waals surface area contributed by atoms with E-state index in [0.717, 1.165) is 27.3 Å². The summed E-state index contributed by atoms with van der Waals surface area (Å²) in [6.07, 6.45) is 4.51. The van der Waals surface area contributed by atoms with Crippen LogP contribution in [-0.2, 0) is 9.59 Å². The molecule has 1 aliphatic heterocycles. The van der Waals surface area contributed by atoms with Crippen LogP contribution in [-0.4, -0.2) is 47.8 Å². The lowest BCUT2D eigenvalue weighted by molar-refractivity contribution is -0.117. The van der Waals surface area contributed by atoms with Crippen LogP contribution in [0.15, 0.2) is 47.2 Å². The summed E-state index contributed by atoms with van der Waals surface area (Å²) in [4.78, 5) is 27.1. The van der Waals surface area contributed by atoms with Crippen molar-refractivity contribution in [3.05, 3.63) is 57.6 Å². The third kappa shape index (κ3) is 2.65. The quantitative estimate of drug-likeness (QED) is 0.716. The molecule has 0 bridgehead atoms. The van der Waals surface area contributed by atoms with E-state index >= 15 is 0 Å². The number of aliphatic hydroxyl groups excluding tert-OH is 1. The zero-order valence-corrected chi connectivity index (χ0v) is 13.9. The smallest absolute Gasteiger partial charge is 0.195 e. The van der Waals surface area contributed by atoms with Gasteiger partial charge in [0.25, 0.3) is 0 Å². The van der Waals surface area contributed by atoms with Crippen LogP contribution in [0, 0.1) is 0 Å². The average molecular weight is 336 g/mol. The highest BCUT2D eigenvalue weighted by molar-refractivity contribution is 6.35. The van der Waals surface area contributed by atoms with Crippen molar-refractivity contribution < 1.29 is 14.7 Å². The Balaban J connectivity index is 1.85. The number of aliphatic hydroxyl groups is 1. The van der Waals surface area contributed by atoms with E-state index in [1.807, 2.05) is 24.3 Å². The Morgan fingerprint density at radius 3 is 2.84 bits per heavy atom. The first-order valence-electron chi connectivity index (χ1n) is 8.60. The number of nitrogens with one attached hydrogen (secondary N) is 1. The molecule has 0 aromatic heterocycles. The summed E-state index contributed by atoms with van der Waals surface area (Å²) in [6, 6.07) is 7.88. The summed E-state index contributed by atoms with van der Waals surface area (Å²) in [5.41, 5.74) is 3.16. The molecule has 5 nitrogen and oxygen atoms in total. The Kier molecular flexibility index (Phi) is 4.11. The van der Waals surface area contributed by atoms with Gasteiger partial charge in [0.1, 0.15) is 5.78 Å². The first-order chi connectivity index (χ1) is 12.2. The molecule has 0 spiro atoms. The number of carbonyl (C=O) groups is 2. The van der Waals surface area contributed by atoms with Gasteiger partial charge in [-0.05, 0) is 16.0 Å². The van der Waals surface area contributed by atoms with E-state index in [2.05, 4.69) is 16.4 Å². The number of carbonyl (C=O) groups excluding carboxylic acids is 2. The second-order valence-corrected chi connectivity index (χ2v) is 6.45. The fourth-order valence-electron chi connectivity index (χ4n) is 3.75. The Morgan fingerprint density at radius 2 is 2.00 bits per heavy atom. The van der Waals surface area contributed by atoms with Crippen molar-refractivity contribution in [3.8, 4) is 0 Å². The molecule has 0 saturated carbocycles. The van der Waals surface area contributed by atoms with E-state index in [1.54, 1.807) is 6.08 Å². The Morgan fingerprint density at radius 1 is 1.16 bits per heavy atom. The third-order valence-electron chi connectivity index (χ3n) is 4.86. The van der Waals surface area contributed by atoms with Gasteiger partial charge in [-0.3, -0.25) is 9.59 Å². The maximum Gasteiger partial charge on any atom is 0.195 e. The molecule has 0 radical (unpaired) electrons. The molecule has 1 aromatic rings. The van der Waals surface area contributed by atoms with Crippen molar-refractivity contribution in [2.24, 2.45) is 0 Å². The molecule has 2 N–H and O–H groups in total. The largest absolute Gasteiger partial charge is 0.395 e. The van der Waals surface area contributed by atoms with Gasteiger partial charge >= 0.3 is 0 Å². The molecule has 2 aliphatic carbocycles. The lowest BCUT2D eigenvalue weighted by atomic mass is 9.94. The molecule has 0 saturated heterocycles. The van der Waals surface area contributed by atoms with Crippen LogP contribution < -0.4 is 15.8 Å². The van der Waals surface area contributed by atoms with Gasteiger partial charge < -0.3 is 15.3 Å². The highest BCUT2D eigenvalue weighted by Crippen LogP contribution is 2.40. The molecule has 25 heavy (non-hydrogen) atoms. The monoisotopic (exact) mass is 336 g/mol. The van der Waals surface area contributed by atoms with Crippen molar-refractivity contribution in [1.82, 2.24) is 10.2 Å². The molecule has 3 aliphatic rings. The van der Waals surface area contributed by atoms with E-state index in [-0.39, 0.29) is 18.2 Å². The maximum absolute atomic E-state index is 13.0. The standard InChI is InChI=1S/C20H20N2O3/c23-10-8-21-7-9-22-12-13-3-1-2-4-15(13)18-19(22)17-11-14(24)5-6-16(17)20(18)25/h1-4,6,12,21,23H,5,7-11H2. The topological polar surface area (TPSA) is 69.6 Å². The SMILES string of the molecule is O=C1CC=C2C(=O)C3=c4ccccc4=CN(CCNCCO)C3=C2C1. The second kappa shape index (κ2) is 6.43. The normalized spacial score (nSPS) is 18.7. The van der Waals surface area contributed by atoms with Crippen LogP contribution in [0.25, 0.3) is 11.8 Å². The minimum atomic E-state index is 0.0337.